The summed E-state index contributed by atoms with van der Waals surface area (Å²) in [7, 11) is 0. The number of nitro groups is 2. The van der Waals surface area contributed by atoms with E-state index in [0.29, 0.717) is 0 Å². The number of nitrogens with one attached hydrogen (secondary N) is 1. The van der Waals surface area contributed by atoms with E-state index in [1.807, 2.05) is 0 Å². The monoisotopic (exact) mass is 349 g/mol. The van der Waals surface area contributed by atoms with Crippen molar-refractivity contribution in [2.45, 2.75) is 13.0 Å². The third-order valence-corrected chi connectivity index (χ3v) is 3.12. The van der Waals surface area contributed by atoms with Crippen LogP contribution in [0, 0.1) is 26.0 Å². The van der Waals surface area contributed by atoms with E-state index >= 15 is 0 Å². The largest absolute Gasteiger partial charge is 0.481 e. The fourth-order valence-electron chi connectivity index (χ4n) is 1.90. The summed E-state index contributed by atoms with van der Waals surface area (Å²) in [4.78, 5) is 32.0. The van der Waals surface area contributed by atoms with E-state index in [1.165, 1.54) is 31.2 Å². The van der Waals surface area contributed by atoms with Crippen LogP contribution in [0.25, 0.3) is 0 Å². The number of benzene rings is 2. The smallest absolute Gasteiger partial charge is 0.306 e. The molecule has 25 heavy (non-hydrogen) atoms. The van der Waals surface area contributed by atoms with Crippen molar-refractivity contribution >= 4 is 23.0 Å². The van der Waals surface area contributed by atoms with Gasteiger partial charge in [0.05, 0.1) is 15.9 Å². The second kappa shape index (κ2) is 7.34. The number of ether oxygens (including phenoxy) is 1. The number of carbonyl (C=O) groups excluding carboxylic acids is 1. The quantitative estimate of drug-likeness (QED) is 0.631. The first-order valence-corrected chi connectivity index (χ1v) is 6.94. The summed E-state index contributed by atoms with van der Waals surface area (Å²) in [6, 6.07) is 8.19. The highest BCUT2D eigenvalue weighted by molar-refractivity contribution is 5.94. The van der Waals surface area contributed by atoms with E-state index in [4.69, 9.17) is 4.74 Å². The van der Waals surface area contributed by atoms with Crippen LogP contribution in [-0.4, -0.2) is 21.9 Å². The molecule has 1 N–H and O–H groups in total. The molecule has 2 aromatic rings. The van der Waals surface area contributed by atoms with Crippen molar-refractivity contribution < 1.29 is 23.8 Å². The molecule has 0 aliphatic heterocycles. The standard InChI is InChI=1S/C15H12FN3O6/c1-9(25-12-4-2-3-11(8-12)18(21)22)15(20)17-10-5-6-13(16)14(7-10)19(23)24/h2-9H,1H3,(H,17,20)/t9-/m0/s1. The molecule has 0 radical (unpaired) electrons. The number of nitrogens with zero attached hydrogens (tertiary/aromatic N) is 2. The summed E-state index contributed by atoms with van der Waals surface area (Å²) in [6.07, 6.45) is -1.05. The summed E-state index contributed by atoms with van der Waals surface area (Å²) < 4.78 is 18.6. The van der Waals surface area contributed by atoms with Crippen LogP contribution in [0.2, 0.25) is 0 Å². The number of anilines is 1. The van der Waals surface area contributed by atoms with Gasteiger partial charge in [-0.15, -0.1) is 0 Å². The lowest BCUT2D eigenvalue weighted by molar-refractivity contribution is -0.387. The first kappa shape index (κ1) is 17.8. The van der Waals surface area contributed by atoms with Gasteiger partial charge in [-0.25, -0.2) is 0 Å². The first-order valence-electron chi connectivity index (χ1n) is 6.94. The molecule has 1 atom stereocenters. The Hall–Kier alpha value is -3.56. The zero-order valence-electron chi connectivity index (χ0n) is 12.8. The van der Waals surface area contributed by atoms with Crippen LogP contribution in [0.1, 0.15) is 6.92 Å². The molecule has 0 unspecified atom stereocenters. The second-order valence-corrected chi connectivity index (χ2v) is 4.93. The lowest BCUT2D eigenvalue weighted by Gasteiger charge is -2.14. The van der Waals surface area contributed by atoms with E-state index in [1.54, 1.807) is 0 Å². The molecule has 0 bridgehead atoms. The molecule has 0 aliphatic rings. The average Bonchev–Trinajstić information content (AvgIpc) is 2.56. The van der Waals surface area contributed by atoms with Gasteiger partial charge < -0.3 is 10.1 Å². The van der Waals surface area contributed by atoms with E-state index in [0.717, 1.165) is 18.2 Å². The van der Waals surface area contributed by atoms with Crippen molar-refractivity contribution in [2.24, 2.45) is 0 Å². The van der Waals surface area contributed by atoms with Gasteiger partial charge in [0, 0.05) is 17.8 Å². The molecule has 2 rings (SSSR count). The normalized spacial score (nSPS) is 11.4. The molecule has 0 saturated heterocycles. The Morgan fingerprint density at radius 1 is 1.16 bits per heavy atom. The molecule has 1 amide bonds. The number of amides is 1. The van der Waals surface area contributed by atoms with Crippen LogP contribution >= 0.6 is 0 Å². The van der Waals surface area contributed by atoms with Gasteiger partial charge in [-0.1, -0.05) is 6.07 Å². The number of hydrogen-bond donors (Lipinski definition) is 1. The predicted octanol–water partition coefficient (Wildman–Crippen LogP) is 3.05. The molecule has 0 spiro atoms. The lowest BCUT2D eigenvalue weighted by Crippen LogP contribution is -2.30. The topological polar surface area (TPSA) is 125 Å². The van der Waals surface area contributed by atoms with Crippen LogP contribution in [0.5, 0.6) is 5.75 Å². The average molecular weight is 349 g/mol. The maximum atomic E-state index is 13.3. The van der Waals surface area contributed by atoms with Crippen LogP contribution < -0.4 is 10.1 Å². The third kappa shape index (κ3) is 4.47. The molecule has 2 aromatic carbocycles. The fraction of sp³-hybridized carbons (Fsp3) is 0.133. The first-order chi connectivity index (χ1) is 11.8. The number of halogens is 1. The van der Waals surface area contributed by atoms with Crippen molar-refractivity contribution in [2.75, 3.05) is 5.32 Å². The van der Waals surface area contributed by atoms with Crippen LogP contribution in [0.4, 0.5) is 21.5 Å². The minimum atomic E-state index is -1.05. The Kier molecular flexibility index (Phi) is 5.22. The Bertz CT molecular complexity index is 842. The molecular formula is C15H12FN3O6. The van der Waals surface area contributed by atoms with Crippen LogP contribution in [0.15, 0.2) is 42.5 Å². The summed E-state index contributed by atoms with van der Waals surface area (Å²) >= 11 is 0. The zero-order valence-corrected chi connectivity index (χ0v) is 12.8. The molecule has 10 heteroatoms. The van der Waals surface area contributed by atoms with E-state index in [-0.39, 0.29) is 17.1 Å². The number of carbonyl (C=O) groups is 1. The van der Waals surface area contributed by atoms with E-state index < -0.39 is 33.4 Å². The van der Waals surface area contributed by atoms with Crippen LogP contribution in [0.3, 0.4) is 0 Å². The van der Waals surface area contributed by atoms with Gasteiger partial charge in [-0.2, -0.15) is 4.39 Å². The number of non-ortho nitro benzene ring substituents is 1. The van der Waals surface area contributed by atoms with Crippen molar-refractivity contribution in [1.29, 1.82) is 0 Å². The summed E-state index contributed by atoms with van der Waals surface area (Å²) in [6.45, 7) is 1.39. The molecule has 9 nitrogen and oxygen atoms in total. The maximum Gasteiger partial charge on any atom is 0.306 e. The van der Waals surface area contributed by atoms with Gasteiger partial charge in [0.15, 0.2) is 6.10 Å². The third-order valence-electron chi connectivity index (χ3n) is 3.12. The van der Waals surface area contributed by atoms with Gasteiger partial charge in [0.2, 0.25) is 5.82 Å². The Morgan fingerprint density at radius 2 is 1.88 bits per heavy atom. The Balaban J connectivity index is 2.08. The Morgan fingerprint density at radius 3 is 2.52 bits per heavy atom. The van der Waals surface area contributed by atoms with Gasteiger partial charge in [0.1, 0.15) is 5.75 Å². The number of hydrogen-bond acceptors (Lipinski definition) is 6. The minimum absolute atomic E-state index is 0.0209. The van der Waals surface area contributed by atoms with Crippen molar-refractivity contribution in [3.05, 3.63) is 68.5 Å². The maximum absolute atomic E-state index is 13.3. The van der Waals surface area contributed by atoms with Crippen LogP contribution in [-0.2, 0) is 4.79 Å². The van der Waals surface area contributed by atoms with Gasteiger partial charge in [-0.3, -0.25) is 25.0 Å². The highest BCUT2D eigenvalue weighted by Gasteiger charge is 2.19. The van der Waals surface area contributed by atoms with Gasteiger partial charge in [-0.05, 0) is 25.1 Å². The minimum Gasteiger partial charge on any atom is -0.481 e. The SMILES string of the molecule is C[C@H](Oc1cccc([N+](=O)[O-])c1)C(=O)Nc1ccc(F)c([N+](=O)[O-])c1. The molecule has 0 aliphatic carbocycles. The molecule has 0 aromatic heterocycles. The van der Waals surface area contributed by atoms with Crippen molar-refractivity contribution in [1.82, 2.24) is 0 Å². The number of rotatable bonds is 6. The summed E-state index contributed by atoms with van der Waals surface area (Å²) in [5, 5.41) is 23.8. The Labute approximate surface area is 140 Å². The van der Waals surface area contributed by atoms with E-state index in [9.17, 15) is 29.4 Å². The van der Waals surface area contributed by atoms with E-state index in [2.05, 4.69) is 5.32 Å². The predicted molar refractivity (Wildman–Crippen MR) is 84.9 cm³/mol. The van der Waals surface area contributed by atoms with Gasteiger partial charge >= 0.3 is 5.69 Å². The molecule has 0 heterocycles. The summed E-state index contributed by atoms with van der Waals surface area (Å²) in [5.74, 6) is -1.57. The zero-order chi connectivity index (χ0) is 18.6. The van der Waals surface area contributed by atoms with Gasteiger partial charge in [0.25, 0.3) is 11.6 Å². The molecule has 130 valence electrons. The highest BCUT2D eigenvalue weighted by atomic mass is 19.1. The molecule has 0 fully saturated rings. The molecule has 0 saturated carbocycles. The molecular weight excluding hydrogens is 337 g/mol. The van der Waals surface area contributed by atoms with Crippen molar-refractivity contribution in [3.63, 3.8) is 0 Å². The number of nitro benzene ring substituents is 2. The highest BCUT2D eigenvalue weighted by Crippen LogP contribution is 2.23. The van der Waals surface area contributed by atoms with Crippen molar-refractivity contribution in [3.8, 4) is 5.75 Å². The summed E-state index contributed by atoms with van der Waals surface area (Å²) in [5.41, 5.74) is -0.947. The second-order valence-electron chi connectivity index (χ2n) is 4.93. The fourth-order valence-corrected chi connectivity index (χ4v) is 1.90. The lowest BCUT2D eigenvalue weighted by atomic mass is 10.2.